The van der Waals surface area contributed by atoms with Crippen molar-refractivity contribution in [3.05, 3.63) is 36.0 Å². The van der Waals surface area contributed by atoms with Crippen LogP contribution in [0.4, 0.5) is 30.6 Å². The van der Waals surface area contributed by atoms with Crippen LogP contribution >= 0.6 is 0 Å². The second-order valence-electron chi connectivity index (χ2n) is 7.07. The zero-order valence-corrected chi connectivity index (χ0v) is 14.7. The molecular formula is C19H21F3N4O. The van der Waals surface area contributed by atoms with Gasteiger partial charge in [-0.15, -0.1) is 13.2 Å². The van der Waals surface area contributed by atoms with Gasteiger partial charge in [0.05, 0.1) is 11.4 Å². The Hall–Kier alpha value is -2.51. The Bertz CT molecular complexity index is 802. The normalized spacial score (nSPS) is 17.7. The molecule has 0 spiro atoms. The van der Waals surface area contributed by atoms with E-state index in [9.17, 15) is 13.2 Å². The molecule has 8 heteroatoms. The van der Waals surface area contributed by atoms with Gasteiger partial charge in [0.2, 0.25) is 5.95 Å². The highest BCUT2D eigenvalue weighted by molar-refractivity contribution is 5.65. The van der Waals surface area contributed by atoms with Gasteiger partial charge in [-0.05, 0) is 37.8 Å². The second kappa shape index (κ2) is 7.25. The third-order valence-electron chi connectivity index (χ3n) is 4.81. The summed E-state index contributed by atoms with van der Waals surface area (Å²) in [7, 11) is 0. The van der Waals surface area contributed by atoms with Crippen molar-refractivity contribution in [1.82, 2.24) is 9.97 Å². The maximum absolute atomic E-state index is 12.6. The zero-order chi connectivity index (χ0) is 18.9. The highest BCUT2D eigenvalue weighted by Gasteiger charge is 2.32. The SMILES string of the molecule is FC(F)(F)Oc1ccccc1Nc1cc(C2CC2)nc(NC2CCCC2)n1. The van der Waals surface area contributed by atoms with Crippen LogP contribution in [0.2, 0.25) is 0 Å². The van der Waals surface area contributed by atoms with Gasteiger partial charge in [-0.1, -0.05) is 25.0 Å². The summed E-state index contributed by atoms with van der Waals surface area (Å²) in [6, 6.07) is 8.11. The number of nitrogens with zero attached hydrogens (tertiary/aromatic N) is 2. The number of hydrogen-bond acceptors (Lipinski definition) is 5. The van der Waals surface area contributed by atoms with E-state index in [2.05, 4.69) is 25.3 Å². The Labute approximate surface area is 155 Å². The van der Waals surface area contributed by atoms with Crippen LogP contribution in [0, 0.1) is 0 Å². The van der Waals surface area contributed by atoms with Gasteiger partial charge < -0.3 is 15.4 Å². The van der Waals surface area contributed by atoms with Gasteiger partial charge in [0.15, 0.2) is 5.75 Å². The van der Waals surface area contributed by atoms with Crippen molar-refractivity contribution in [2.45, 2.75) is 56.8 Å². The van der Waals surface area contributed by atoms with Crippen molar-refractivity contribution in [2.75, 3.05) is 10.6 Å². The van der Waals surface area contributed by atoms with E-state index in [0.29, 0.717) is 23.7 Å². The summed E-state index contributed by atoms with van der Waals surface area (Å²) in [6.45, 7) is 0. The standard InChI is InChI=1S/C19H21F3N4O/c20-19(21,22)27-16-8-4-3-7-14(16)24-17-11-15(12-9-10-12)25-18(26-17)23-13-5-1-2-6-13/h3-4,7-8,11-13H,1-2,5-6,9-10H2,(H2,23,24,25,26). The fourth-order valence-corrected chi connectivity index (χ4v) is 3.36. The molecule has 0 atom stereocenters. The van der Waals surface area contributed by atoms with Gasteiger partial charge in [0.25, 0.3) is 0 Å². The fourth-order valence-electron chi connectivity index (χ4n) is 3.36. The van der Waals surface area contributed by atoms with E-state index >= 15 is 0 Å². The van der Waals surface area contributed by atoms with Gasteiger partial charge in [-0.2, -0.15) is 4.98 Å². The lowest BCUT2D eigenvalue weighted by molar-refractivity contribution is -0.274. The molecule has 1 aromatic carbocycles. The van der Waals surface area contributed by atoms with Crippen LogP contribution in [0.3, 0.4) is 0 Å². The average molecular weight is 378 g/mol. The van der Waals surface area contributed by atoms with Crippen LogP contribution in [-0.2, 0) is 0 Å². The van der Waals surface area contributed by atoms with Gasteiger partial charge in [-0.3, -0.25) is 0 Å². The minimum absolute atomic E-state index is 0.210. The van der Waals surface area contributed by atoms with Gasteiger partial charge in [0, 0.05) is 18.0 Å². The van der Waals surface area contributed by atoms with E-state index < -0.39 is 6.36 Å². The van der Waals surface area contributed by atoms with Crippen molar-refractivity contribution in [1.29, 1.82) is 0 Å². The highest BCUT2D eigenvalue weighted by Crippen LogP contribution is 2.40. The number of hydrogen-bond donors (Lipinski definition) is 2. The van der Waals surface area contributed by atoms with Gasteiger partial charge in [0.1, 0.15) is 5.82 Å². The fraction of sp³-hybridized carbons (Fsp3) is 0.474. The summed E-state index contributed by atoms with van der Waals surface area (Å²) in [5.74, 6) is 1.11. The molecule has 2 aliphatic rings. The number of nitrogens with one attached hydrogen (secondary N) is 2. The summed E-state index contributed by atoms with van der Waals surface area (Å²) in [5, 5.41) is 6.34. The first-order valence-electron chi connectivity index (χ1n) is 9.23. The topological polar surface area (TPSA) is 59.1 Å². The summed E-state index contributed by atoms with van der Waals surface area (Å²) < 4.78 is 42.0. The molecular weight excluding hydrogens is 357 g/mol. The van der Waals surface area contributed by atoms with E-state index in [4.69, 9.17) is 0 Å². The molecule has 2 aromatic rings. The Morgan fingerprint density at radius 3 is 2.44 bits per heavy atom. The first-order chi connectivity index (χ1) is 13.0. The smallest absolute Gasteiger partial charge is 0.404 e. The number of benzene rings is 1. The first-order valence-corrected chi connectivity index (χ1v) is 9.23. The van der Waals surface area contributed by atoms with E-state index in [0.717, 1.165) is 31.4 Å². The Morgan fingerprint density at radius 1 is 1.00 bits per heavy atom. The van der Waals surface area contributed by atoms with E-state index in [1.807, 2.05) is 6.07 Å². The number of rotatable bonds is 6. The first kappa shape index (κ1) is 17.9. The lowest BCUT2D eigenvalue weighted by atomic mass is 10.2. The molecule has 0 amide bonds. The van der Waals surface area contributed by atoms with Gasteiger partial charge >= 0.3 is 6.36 Å². The van der Waals surface area contributed by atoms with Crippen LogP contribution in [0.15, 0.2) is 30.3 Å². The Kier molecular flexibility index (Phi) is 4.80. The predicted octanol–water partition coefficient (Wildman–Crippen LogP) is 5.35. The maximum atomic E-state index is 12.6. The number of anilines is 3. The van der Waals surface area contributed by atoms with E-state index in [1.54, 1.807) is 6.07 Å². The van der Waals surface area contributed by atoms with Crippen LogP contribution in [0.1, 0.15) is 50.1 Å². The second-order valence-corrected chi connectivity index (χ2v) is 7.07. The molecule has 5 nitrogen and oxygen atoms in total. The average Bonchev–Trinajstić information content (AvgIpc) is 3.34. The molecule has 4 rings (SSSR count). The number of aromatic nitrogens is 2. The molecule has 0 aliphatic heterocycles. The minimum atomic E-state index is -4.75. The molecule has 27 heavy (non-hydrogen) atoms. The molecule has 2 N–H and O–H groups in total. The monoisotopic (exact) mass is 378 g/mol. The summed E-state index contributed by atoms with van der Waals surface area (Å²) in [6.07, 6.45) is 1.95. The quantitative estimate of drug-likeness (QED) is 0.709. The molecule has 0 saturated heterocycles. The van der Waals surface area contributed by atoms with Crippen molar-refractivity contribution < 1.29 is 17.9 Å². The molecule has 1 heterocycles. The Morgan fingerprint density at radius 2 is 1.74 bits per heavy atom. The minimum Gasteiger partial charge on any atom is -0.404 e. The number of para-hydroxylation sites is 2. The molecule has 0 bridgehead atoms. The lowest BCUT2D eigenvalue weighted by Crippen LogP contribution is -2.18. The van der Waals surface area contributed by atoms with Crippen LogP contribution in [-0.4, -0.2) is 22.4 Å². The third-order valence-corrected chi connectivity index (χ3v) is 4.81. The molecule has 0 unspecified atom stereocenters. The Balaban J connectivity index is 1.58. The molecule has 2 saturated carbocycles. The lowest BCUT2D eigenvalue weighted by Gasteiger charge is -2.16. The summed E-state index contributed by atoms with van der Waals surface area (Å²) in [4.78, 5) is 9.08. The molecule has 1 aromatic heterocycles. The highest BCUT2D eigenvalue weighted by atomic mass is 19.4. The summed E-state index contributed by atoms with van der Waals surface area (Å²) in [5.41, 5.74) is 1.13. The van der Waals surface area contributed by atoms with E-state index in [1.165, 1.54) is 31.0 Å². The van der Waals surface area contributed by atoms with Crippen molar-refractivity contribution in [3.63, 3.8) is 0 Å². The zero-order valence-electron chi connectivity index (χ0n) is 14.7. The van der Waals surface area contributed by atoms with Crippen LogP contribution in [0.5, 0.6) is 5.75 Å². The molecule has 2 fully saturated rings. The molecule has 2 aliphatic carbocycles. The van der Waals surface area contributed by atoms with Crippen molar-refractivity contribution in [2.24, 2.45) is 0 Å². The third kappa shape index (κ3) is 4.81. The predicted molar refractivity (Wildman–Crippen MR) is 96.3 cm³/mol. The van der Waals surface area contributed by atoms with Crippen molar-refractivity contribution in [3.8, 4) is 5.75 Å². The van der Waals surface area contributed by atoms with Crippen molar-refractivity contribution >= 4 is 17.5 Å². The van der Waals surface area contributed by atoms with Crippen LogP contribution < -0.4 is 15.4 Å². The van der Waals surface area contributed by atoms with Crippen LogP contribution in [0.25, 0.3) is 0 Å². The van der Waals surface area contributed by atoms with E-state index in [-0.39, 0.29) is 11.4 Å². The largest absolute Gasteiger partial charge is 0.573 e. The van der Waals surface area contributed by atoms with Gasteiger partial charge in [-0.25, -0.2) is 4.98 Å². The number of ether oxygens (including phenoxy) is 1. The summed E-state index contributed by atoms with van der Waals surface area (Å²) >= 11 is 0. The number of alkyl halides is 3. The maximum Gasteiger partial charge on any atom is 0.573 e. The molecule has 144 valence electrons. The number of halogens is 3. The molecule has 0 radical (unpaired) electrons.